The summed E-state index contributed by atoms with van der Waals surface area (Å²) in [5.74, 6) is 0.690. The van der Waals surface area contributed by atoms with Gasteiger partial charge in [-0.05, 0) is 35.9 Å². The summed E-state index contributed by atoms with van der Waals surface area (Å²) < 4.78 is 10.5. The van der Waals surface area contributed by atoms with Gasteiger partial charge in [-0.3, -0.25) is 4.79 Å². The number of nitrogens with one attached hydrogen (secondary N) is 1. The lowest BCUT2D eigenvalue weighted by Gasteiger charge is -2.30. The molecular formula is C19H21ClN2O3. The van der Waals surface area contributed by atoms with Gasteiger partial charge in [-0.15, -0.1) is 0 Å². The molecule has 1 N–H and O–H groups in total. The maximum Gasteiger partial charge on any atom is 0.228 e. The number of methoxy groups -OCH3 is 1. The van der Waals surface area contributed by atoms with Gasteiger partial charge < -0.3 is 19.7 Å². The smallest absolute Gasteiger partial charge is 0.228 e. The summed E-state index contributed by atoms with van der Waals surface area (Å²) in [6, 6.07) is 13.0. The first-order valence-corrected chi connectivity index (χ1v) is 8.58. The molecule has 0 aromatic heterocycles. The minimum atomic E-state index is -0.0815. The van der Waals surface area contributed by atoms with Crippen LogP contribution in [-0.2, 0) is 16.0 Å². The van der Waals surface area contributed by atoms with Crippen LogP contribution in [0.1, 0.15) is 5.56 Å². The fourth-order valence-electron chi connectivity index (χ4n) is 2.81. The van der Waals surface area contributed by atoms with E-state index in [-0.39, 0.29) is 5.91 Å². The van der Waals surface area contributed by atoms with E-state index < -0.39 is 0 Å². The summed E-state index contributed by atoms with van der Waals surface area (Å²) in [4.78, 5) is 14.7. The van der Waals surface area contributed by atoms with Gasteiger partial charge in [-0.25, -0.2) is 0 Å². The molecule has 1 aliphatic rings. The van der Waals surface area contributed by atoms with Crippen LogP contribution in [-0.4, -0.2) is 39.3 Å². The first-order chi connectivity index (χ1) is 12.2. The first kappa shape index (κ1) is 17.6. The second-order valence-corrected chi connectivity index (χ2v) is 6.27. The maximum atomic E-state index is 12.5. The molecule has 0 atom stereocenters. The number of carbonyl (C=O) groups is 1. The predicted octanol–water partition coefficient (Wildman–Crippen LogP) is 3.37. The monoisotopic (exact) mass is 360 g/mol. The summed E-state index contributed by atoms with van der Waals surface area (Å²) in [6.07, 6.45) is 0.291. The summed E-state index contributed by atoms with van der Waals surface area (Å²) in [5.41, 5.74) is 2.62. The van der Waals surface area contributed by atoms with Crippen LogP contribution >= 0.6 is 11.6 Å². The lowest BCUT2D eigenvalue weighted by molar-refractivity contribution is -0.115. The van der Waals surface area contributed by atoms with Crippen LogP contribution in [0.5, 0.6) is 5.75 Å². The van der Waals surface area contributed by atoms with Crippen molar-refractivity contribution in [3.05, 3.63) is 53.1 Å². The second-order valence-electron chi connectivity index (χ2n) is 5.83. The number of ether oxygens (including phenoxy) is 2. The van der Waals surface area contributed by atoms with Crippen molar-refractivity contribution in [3.8, 4) is 5.75 Å². The third kappa shape index (κ3) is 4.65. The van der Waals surface area contributed by atoms with Gasteiger partial charge in [-0.1, -0.05) is 23.7 Å². The summed E-state index contributed by atoms with van der Waals surface area (Å²) in [6.45, 7) is 2.95. The summed E-state index contributed by atoms with van der Waals surface area (Å²) >= 11 is 6.12. The number of hydrogen-bond acceptors (Lipinski definition) is 4. The van der Waals surface area contributed by atoms with Crippen molar-refractivity contribution in [1.29, 1.82) is 0 Å². The molecule has 25 heavy (non-hydrogen) atoms. The van der Waals surface area contributed by atoms with Crippen molar-refractivity contribution in [1.82, 2.24) is 0 Å². The number of anilines is 2. The molecule has 6 heteroatoms. The van der Waals surface area contributed by atoms with Gasteiger partial charge in [0.1, 0.15) is 5.75 Å². The average Bonchev–Trinajstić information content (AvgIpc) is 2.63. The first-order valence-electron chi connectivity index (χ1n) is 8.21. The third-order valence-electron chi connectivity index (χ3n) is 4.11. The van der Waals surface area contributed by atoms with Crippen LogP contribution in [0.15, 0.2) is 42.5 Å². The highest BCUT2D eigenvalue weighted by molar-refractivity contribution is 6.31. The zero-order valence-electron chi connectivity index (χ0n) is 14.1. The molecule has 0 aliphatic carbocycles. The van der Waals surface area contributed by atoms with Crippen molar-refractivity contribution >= 4 is 28.9 Å². The van der Waals surface area contributed by atoms with Gasteiger partial charge in [0.2, 0.25) is 5.91 Å². The van der Waals surface area contributed by atoms with Crippen molar-refractivity contribution in [2.45, 2.75) is 6.42 Å². The molecule has 1 saturated heterocycles. The molecule has 0 radical (unpaired) electrons. The Morgan fingerprint density at radius 1 is 1.20 bits per heavy atom. The van der Waals surface area contributed by atoms with Crippen molar-refractivity contribution in [2.24, 2.45) is 0 Å². The Morgan fingerprint density at radius 3 is 2.60 bits per heavy atom. The van der Waals surface area contributed by atoms with E-state index in [0.717, 1.165) is 35.8 Å². The number of benzene rings is 2. The Kier molecular flexibility index (Phi) is 5.79. The quantitative estimate of drug-likeness (QED) is 0.888. The largest absolute Gasteiger partial charge is 0.497 e. The number of carbonyl (C=O) groups excluding carboxylic acids is 1. The highest BCUT2D eigenvalue weighted by Crippen LogP contribution is 2.30. The van der Waals surface area contributed by atoms with E-state index >= 15 is 0 Å². The average molecular weight is 361 g/mol. The Hall–Kier alpha value is -2.24. The Labute approximate surface area is 152 Å². The number of halogens is 1. The number of nitrogens with zero attached hydrogens (tertiary/aromatic N) is 1. The molecule has 1 amide bonds. The molecule has 1 fully saturated rings. The van der Waals surface area contributed by atoms with Gasteiger partial charge in [0.25, 0.3) is 0 Å². The topological polar surface area (TPSA) is 50.8 Å². The fourth-order valence-corrected chi connectivity index (χ4v) is 2.98. The van der Waals surface area contributed by atoms with Crippen LogP contribution < -0.4 is 15.0 Å². The molecular weight excluding hydrogens is 340 g/mol. The zero-order chi connectivity index (χ0) is 17.6. The third-order valence-corrected chi connectivity index (χ3v) is 4.34. The molecule has 3 rings (SSSR count). The SMILES string of the molecule is COc1ccc(CC(=O)Nc2cc(Cl)ccc2N2CCOCC2)cc1. The van der Waals surface area contributed by atoms with Gasteiger partial charge in [-0.2, -0.15) is 0 Å². The number of hydrogen-bond donors (Lipinski definition) is 1. The van der Waals surface area contributed by atoms with Crippen LogP contribution in [0.4, 0.5) is 11.4 Å². The van der Waals surface area contributed by atoms with Crippen molar-refractivity contribution in [3.63, 3.8) is 0 Å². The Morgan fingerprint density at radius 2 is 1.92 bits per heavy atom. The molecule has 0 spiro atoms. The number of rotatable bonds is 5. The molecule has 2 aromatic rings. The Balaban J connectivity index is 1.72. The van der Waals surface area contributed by atoms with E-state index in [0.29, 0.717) is 24.7 Å². The molecule has 0 bridgehead atoms. The van der Waals surface area contributed by atoms with E-state index in [1.165, 1.54) is 0 Å². The van der Waals surface area contributed by atoms with Crippen LogP contribution in [0.25, 0.3) is 0 Å². The zero-order valence-corrected chi connectivity index (χ0v) is 14.9. The highest BCUT2D eigenvalue weighted by Gasteiger charge is 2.16. The standard InChI is InChI=1S/C19H21ClN2O3/c1-24-16-5-2-14(3-6-16)12-19(23)21-17-13-15(20)4-7-18(17)22-8-10-25-11-9-22/h2-7,13H,8-12H2,1H3,(H,21,23). The van der Waals surface area contributed by atoms with Gasteiger partial charge in [0, 0.05) is 18.1 Å². The lowest BCUT2D eigenvalue weighted by atomic mass is 10.1. The predicted molar refractivity (Wildman–Crippen MR) is 99.8 cm³/mol. The molecule has 1 heterocycles. The molecule has 2 aromatic carbocycles. The Bertz CT molecular complexity index is 728. The summed E-state index contributed by atoms with van der Waals surface area (Å²) in [7, 11) is 1.62. The lowest BCUT2D eigenvalue weighted by Crippen LogP contribution is -2.36. The van der Waals surface area contributed by atoms with E-state index in [2.05, 4.69) is 10.2 Å². The second kappa shape index (κ2) is 8.23. The minimum Gasteiger partial charge on any atom is -0.497 e. The molecule has 132 valence electrons. The molecule has 0 saturated carbocycles. The van der Waals surface area contributed by atoms with Crippen LogP contribution in [0.2, 0.25) is 5.02 Å². The van der Waals surface area contributed by atoms with Crippen LogP contribution in [0, 0.1) is 0 Å². The maximum absolute atomic E-state index is 12.5. The normalized spacial score (nSPS) is 14.2. The van der Waals surface area contributed by atoms with E-state index in [4.69, 9.17) is 21.1 Å². The molecule has 1 aliphatic heterocycles. The van der Waals surface area contributed by atoms with Gasteiger partial charge in [0.05, 0.1) is 38.1 Å². The fraction of sp³-hybridized carbons (Fsp3) is 0.316. The number of morpholine rings is 1. The van der Waals surface area contributed by atoms with Crippen LogP contribution in [0.3, 0.4) is 0 Å². The van der Waals surface area contributed by atoms with Gasteiger partial charge >= 0.3 is 0 Å². The van der Waals surface area contributed by atoms with Crippen molar-refractivity contribution < 1.29 is 14.3 Å². The van der Waals surface area contributed by atoms with E-state index in [1.807, 2.05) is 36.4 Å². The molecule has 5 nitrogen and oxygen atoms in total. The summed E-state index contributed by atoms with van der Waals surface area (Å²) in [5, 5.41) is 3.58. The minimum absolute atomic E-state index is 0.0815. The number of amides is 1. The van der Waals surface area contributed by atoms with Gasteiger partial charge in [0.15, 0.2) is 0 Å². The highest BCUT2D eigenvalue weighted by atomic mass is 35.5. The molecule has 0 unspecified atom stereocenters. The van der Waals surface area contributed by atoms with E-state index in [9.17, 15) is 4.79 Å². The van der Waals surface area contributed by atoms with E-state index in [1.54, 1.807) is 13.2 Å². The van der Waals surface area contributed by atoms with Crippen molar-refractivity contribution in [2.75, 3.05) is 43.6 Å².